The molecule has 9 heteroatoms. The zero-order valence-electron chi connectivity index (χ0n) is 18.3. The minimum Gasteiger partial charge on any atom is -0.496 e. The smallest absolute Gasteiger partial charge is 0.253 e. The first-order valence-electron chi connectivity index (χ1n) is 9.97. The van der Waals surface area contributed by atoms with Crippen LogP contribution < -0.4 is 15.4 Å². The van der Waals surface area contributed by atoms with Crippen LogP contribution in [0.15, 0.2) is 47.4 Å². The van der Waals surface area contributed by atoms with Crippen molar-refractivity contribution in [3.63, 3.8) is 0 Å². The molecule has 2 amide bonds. The van der Waals surface area contributed by atoms with Gasteiger partial charge in [0.25, 0.3) is 5.91 Å². The molecule has 0 aliphatic carbocycles. The molecule has 0 aliphatic rings. The van der Waals surface area contributed by atoms with Gasteiger partial charge in [0, 0.05) is 27.1 Å². The Morgan fingerprint density at radius 2 is 1.81 bits per heavy atom. The van der Waals surface area contributed by atoms with E-state index in [9.17, 15) is 18.0 Å². The highest BCUT2D eigenvalue weighted by Gasteiger charge is 2.19. The molecule has 8 nitrogen and oxygen atoms in total. The first kappa shape index (κ1) is 24.4. The lowest BCUT2D eigenvalue weighted by atomic mass is 10.1. The summed E-state index contributed by atoms with van der Waals surface area (Å²) in [6.07, 6.45) is 1.17. The fraction of sp³-hybridized carbons (Fsp3) is 0.364. The highest BCUT2D eigenvalue weighted by Crippen LogP contribution is 2.25. The highest BCUT2D eigenvalue weighted by atomic mass is 32.2. The zero-order chi connectivity index (χ0) is 23.0. The highest BCUT2D eigenvalue weighted by molar-refractivity contribution is 7.89. The van der Waals surface area contributed by atoms with E-state index in [2.05, 4.69) is 10.6 Å². The average Bonchev–Trinajstić information content (AvgIpc) is 2.76. The van der Waals surface area contributed by atoms with Crippen LogP contribution in [-0.2, 0) is 21.2 Å². The minimum absolute atomic E-state index is 0.0900. The van der Waals surface area contributed by atoms with Gasteiger partial charge in [0.1, 0.15) is 5.75 Å². The number of sulfonamides is 1. The number of nitrogens with zero attached hydrogens (tertiary/aromatic N) is 1. The van der Waals surface area contributed by atoms with Crippen molar-refractivity contribution in [2.45, 2.75) is 31.1 Å². The predicted octanol–water partition coefficient (Wildman–Crippen LogP) is 2.66. The molecule has 2 aromatic carbocycles. The van der Waals surface area contributed by atoms with Crippen molar-refractivity contribution in [1.29, 1.82) is 0 Å². The number of aryl methyl sites for hydroxylation is 1. The van der Waals surface area contributed by atoms with E-state index >= 15 is 0 Å². The van der Waals surface area contributed by atoms with Crippen molar-refractivity contribution in [3.05, 3.63) is 53.6 Å². The molecular formula is C22H29N3O5S. The summed E-state index contributed by atoms with van der Waals surface area (Å²) in [5, 5.41) is 5.57. The number of anilines is 1. The Balaban J connectivity index is 2.14. The van der Waals surface area contributed by atoms with E-state index in [1.165, 1.54) is 33.3 Å². The summed E-state index contributed by atoms with van der Waals surface area (Å²) in [6.45, 7) is 2.51. The van der Waals surface area contributed by atoms with E-state index in [0.717, 1.165) is 10.7 Å². The van der Waals surface area contributed by atoms with Gasteiger partial charge in [-0.3, -0.25) is 9.59 Å². The fourth-order valence-electron chi connectivity index (χ4n) is 2.91. The summed E-state index contributed by atoms with van der Waals surface area (Å²) in [7, 11) is 0.807. The number of para-hydroxylation sites is 1. The monoisotopic (exact) mass is 447 g/mol. The van der Waals surface area contributed by atoms with Crippen LogP contribution in [0.1, 0.15) is 35.7 Å². The molecule has 31 heavy (non-hydrogen) atoms. The van der Waals surface area contributed by atoms with Crippen LogP contribution in [-0.4, -0.2) is 52.3 Å². The van der Waals surface area contributed by atoms with Crippen LogP contribution in [0.5, 0.6) is 5.75 Å². The van der Waals surface area contributed by atoms with Gasteiger partial charge in [-0.05, 0) is 48.7 Å². The summed E-state index contributed by atoms with van der Waals surface area (Å²) >= 11 is 0. The van der Waals surface area contributed by atoms with E-state index in [1.54, 1.807) is 30.3 Å². The SMILES string of the molecule is CCCNC(=O)c1ccccc1NC(=O)CCc1cc(S(=O)(=O)N(C)C)ccc1OC. The third-order valence-corrected chi connectivity index (χ3v) is 6.44. The molecule has 0 saturated heterocycles. The number of amides is 2. The molecule has 0 bridgehead atoms. The van der Waals surface area contributed by atoms with Crippen LogP contribution >= 0.6 is 0 Å². The minimum atomic E-state index is -3.60. The van der Waals surface area contributed by atoms with E-state index < -0.39 is 10.0 Å². The molecule has 0 aromatic heterocycles. The van der Waals surface area contributed by atoms with Crippen molar-refractivity contribution in [1.82, 2.24) is 9.62 Å². The van der Waals surface area contributed by atoms with Gasteiger partial charge >= 0.3 is 0 Å². The van der Waals surface area contributed by atoms with E-state index in [0.29, 0.717) is 29.1 Å². The lowest BCUT2D eigenvalue weighted by Crippen LogP contribution is -2.25. The summed E-state index contributed by atoms with van der Waals surface area (Å²) in [5.41, 5.74) is 1.42. The second-order valence-electron chi connectivity index (χ2n) is 7.11. The lowest BCUT2D eigenvalue weighted by molar-refractivity contribution is -0.116. The maximum Gasteiger partial charge on any atom is 0.253 e. The molecule has 2 aromatic rings. The molecule has 0 unspecified atom stereocenters. The van der Waals surface area contributed by atoms with Crippen molar-refractivity contribution in [2.24, 2.45) is 0 Å². The molecule has 0 heterocycles. The summed E-state index contributed by atoms with van der Waals surface area (Å²) in [4.78, 5) is 25.0. The Morgan fingerprint density at radius 3 is 2.45 bits per heavy atom. The van der Waals surface area contributed by atoms with E-state index in [-0.39, 0.29) is 29.6 Å². The number of methoxy groups -OCH3 is 1. The number of ether oxygens (including phenoxy) is 1. The zero-order valence-corrected chi connectivity index (χ0v) is 19.1. The Hall–Kier alpha value is -2.91. The number of carbonyl (C=O) groups is 2. The Labute approximate surface area is 183 Å². The van der Waals surface area contributed by atoms with Crippen LogP contribution in [0.25, 0.3) is 0 Å². The third-order valence-electron chi connectivity index (χ3n) is 4.63. The maximum atomic E-state index is 12.6. The van der Waals surface area contributed by atoms with Gasteiger partial charge in [0.15, 0.2) is 0 Å². The van der Waals surface area contributed by atoms with Gasteiger partial charge in [-0.25, -0.2) is 12.7 Å². The van der Waals surface area contributed by atoms with Gasteiger partial charge in [-0.2, -0.15) is 0 Å². The van der Waals surface area contributed by atoms with Crippen molar-refractivity contribution < 1.29 is 22.7 Å². The summed E-state index contributed by atoms with van der Waals surface area (Å²) < 4.78 is 31.3. The van der Waals surface area contributed by atoms with Gasteiger partial charge in [0.2, 0.25) is 15.9 Å². The topological polar surface area (TPSA) is 105 Å². The lowest BCUT2D eigenvalue weighted by Gasteiger charge is -2.15. The average molecular weight is 448 g/mol. The molecule has 0 spiro atoms. The van der Waals surface area contributed by atoms with Crippen LogP contribution in [0.4, 0.5) is 5.69 Å². The van der Waals surface area contributed by atoms with Gasteiger partial charge in [-0.1, -0.05) is 19.1 Å². The molecular weight excluding hydrogens is 418 g/mol. The normalized spacial score (nSPS) is 11.3. The van der Waals surface area contributed by atoms with Gasteiger partial charge < -0.3 is 15.4 Å². The second-order valence-corrected chi connectivity index (χ2v) is 9.26. The quantitative estimate of drug-likeness (QED) is 0.583. The molecule has 2 N–H and O–H groups in total. The standard InChI is InChI=1S/C22H29N3O5S/c1-5-14-23-22(27)18-8-6-7-9-19(18)24-21(26)13-10-16-15-17(11-12-20(16)30-4)31(28,29)25(2)3/h6-9,11-12,15H,5,10,13-14H2,1-4H3,(H,23,27)(H,24,26). The van der Waals surface area contributed by atoms with Crippen LogP contribution in [0.2, 0.25) is 0 Å². The predicted molar refractivity (Wildman–Crippen MR) is 120 cm³/mol. The number of benzene rings is 2. The first-order chi connectivity index (χ1) is 14.7. The van der Waals surface area contributed by atoms with E-state index in [1.807, 2.05) is 6.92 Å². The van der Waals surface area contributed by atoms with Crippen molar-refractivity contribution >= 4 is 27.5 Å². The largest absolute Gasteiger partial charge is 0.496 e. The molecule has 0 fully saturated rings. The van der Waals surface area contributed by atoms with Crippen LogP contribution in [0.3, 0.4) is 0 Å². The molecule has 2 rings (SSSR count). The summed E-state index contributed by atoms with van der Waals surface area (Å²) in [5.74, 6) is -0.0375. The number of carbonyl (C=O) groups excluding carboxylic acids is 2. The number of hydrogen-bond donors (Lipinski definition) is 2. The number of nitrogens with one attached hydrogen (secondary N) is 2. The van der Waals surface area contributed by atoms with Crippen LogP contribution in [0, 0.1) is 0 Å². The third kappa shape index (κ3) is 6.28. The van der Waals surface area contributed by atoms with Gasteiger partial charge in [-0.15, -0.1) is 0 Å². The molecule has 0 aliphatic heterocycles. The summed E-state index contributed by atoms with van der Waals surface area (Å²) in [6, 6.07) is 11.4. The molecule has 168 valence electrons. The van der Waals surface area contributed by atoms with E-state index in [4.69, 9.17) is 4.74 Å². The van der Waals surface area contributed by atoms with Gasteiger partial charge in [0.05, 0.1) is 23.3 Å². The second kappa shape index (κ2) is 10.9. The van der Waals surface area contributed by atoms with Crippen molar-refractivity contribution in [3.8, 4) is 5.75 Å². The Morgan fingerprint density at radius 1 is 1.10 bits per heavy atom. The number of rotatable bonds is 10. The Bertz CT molecular complexity index is 1040. The Kier molecular flexibility index (Phi) is 8.58. The molecule has 0 radical (unpaired) electrons. The number of hydrogen-bond acceptors (Lipinski definition) is 5. The molecule has 0 atom stereocenters. The first-order valence-corrected chi connectivity index (χ1v) is 11.4. The fourth-order valence-corrected chi connectivity index (χ4v) is 3.86. The molecule has 0 saturated carbocycles. The van der Waals surface area contributed by atoms with Crippen molar-refractivity contribution in [2.75, 3.05) is 33.1 Å². The maximum absolute atomic E-state index is 12.6.